The maximum atomic E-state index is 12.6. The van der Waals surface area contributed by atoms with Gasteiger partial charge in [0.25, 0.3) is 5.91 Å². The summed E-state index contributed by atoms with van der Waals surface area (Å²) in [5, 5.41) is 5.86. The van der Waals surface area contributed by atoms with Crippen molar-refractivity contribution in [3.63, 3.8) is 0 Å². The summed E-state index contributed by atoms with van der Waals surface area (Å²) in [5.41, 5.74) is 6.04. The zero-order chi connectivity index (χ0) is 19.3. The molecule has 7 heteroatoms. The molecule has 1 aliphatic heterocycles. The van der Waals surface area contributed by atoms with Crippen LogP contribution < -0.4 is 16.4 Å². The standard InChI is InChI=1S/C19H28N4O3/c1-12(2)13(3)21-19(26)16-9-15(11-23(16)17(24)10-20)22-18(25)14-7-5-4-6-8-14/h4-8,12-13,15-16H,9-11,20H2,1-3H3,(H,21,26)(H,22,25)/t13-,15-,16+/m1/s1. The van der Waals surface area contributed by atoms with E-state index in [1.165, 1.54) is 4.90 Å². The molecule has 1 aromatic rings. The third-order valence-electron chi connectivity index (χ3n) is 4.84. The zero-order valence-electron chi connectivity index (χ0n) is 15.6. The third kappa shape index (κ3) is 4.82. The molecule has 0 aliphatic carbocycles. The predicted molar refractivity (Wildman–Crippen MR) is 99.3 cm³/mol. The van der Waals surface area contributed by atoms with Gasteiger partial charge in [-0.25, -0.2) is 0 Å². The largest absolute Gasteiger partial charge is 0.352 e. The van der Waals surface area contributed by atoms with E-state index in [4.69, 9.17) is 5.73 Å². The molecule has 4 N–H and O–H groups in total. The summed E-state index contributed by atoms with van der Waals surface area (Å²) >= 11 is 0. The third-order valence-corrected chi connectivity index (χ3v) is 4.84. The van der Waals surface area contributed by atoms with Crippen LogP contribution in [0.25, 0.3) is 0 Å². The summed E-state index contributed by atoms with van der Waals surface area (Å²) in [5.74, 6) is -0.428. The highest BCUT2D eigenvalue weighted by atomic mass is 16.2. The molecule has 7 nitrogen and oxygen atoms in total. The minimum Gasteiger partial charge on any atom is -0.352 e. The van der Waals surface area contributed by atoms with Crippen molar-refractivity contribution >= 4 is 17.7 Å². The van der Waals surface area contributed by atoms with E-state index in [9.17, 15) is 14.4 Å². The number of rotatable bonds is 6. The Kier molecular flexibility index (Phi) is 6.74. The highest BCUT2D eigenvalue weighted by Crippen LogP contribution is 2.19. The van der Waals surface area contributed by atoms with Gasteiger partial charge in [0, 0.05) is 24.2 Å². The second-order valence-corrected chi connectivity index (χ2v) is 7.08. The second-order valence-electron chi connectivity index (χ2n) is 7.08. The zero-order valence-corrected chi connectivity index (χ0v) is 15.6. The number of carbonyl (C=O) groups is 3. The average molecular weight is 360 g/mol. The lowest BCUT2D eigenvalue weighted by Gasteiger charge is -2.26. The minimum absolute atomic E-state index is 0.00436. The SMILES string of the molecule is CC(C)[C@@H](C)NC(=O)[C@@H]1C[C@@H](NC(=O)c2ccccc2)CN1C(=O)CN. The Labute approximate surface area is 154 Å². The molecule has 1 saturated heterocycles. The summed E-state index contributed by atoms with van der Waals surface area (Å²) in [7, 11) is 0. The first-order chi connectivity index (χ1) is 12.3. The van der Waals surface area contributed by atoms with Gasteiger partial charge in [0.15, 0.2) is 0 Å². The first-order valence-electron chi connectivity index (χ1n) is 8.99. The Bertz CT molecular complexity index is 647. The van der Waals surface area contributed by atoms with Crippen LogP contribution in [-0.4, -0.2) is 53.8 Å². The Morgan fingerprint density at radius 1 is 1.19 bits per heavy atom. The van der Waals surface area contributed by atoms with Gasteiger partial charge in [0.1, 0.15) is 6.04 Å². The lowest BCUT2D eigenvalue weighted by molar-refractivity contribution is -0.137. The van der Waals surface area contributed by atoms with Gasteiger partial charge in [-0.3, -0.25) is 14.4 Å². The van der Waals surface area contributed by atoms with Crippen LogP contribution in [-0.2, 0) is 9.59 Å². The number of likely N-dealkylation sites (tertiary alicyclic amines) is 1. The van der Waals surface area contributed by atoms with Crippen LogP contribution in [0.2, 0.25) is 0 Å². The van der Waals surface area contributed by atoms with Crippen molar-refractivity contribution in [1.82, 2.24) is 15.5 Å². The number of nitrogens with zero attached hydrogens (tertiary/aromatic N) is 1. The lowest BCUT2D eigenvalue weighted by Crippen LogP contribution is -2.50. The molecule has 0 saturated carbocycles. The maximum Gasteiger partial charge on any atom is 0.251 e. The molecule has 142 valence electrons. The Morgan fingerprint density at radius 3 is 2.42 bits per heavy atom. The van der Waals surface area contributed by atoms with Crippen molar-refractivity contribution in [2.45, 2.75) is 45.3 Å². The van der Waals surface area contributed by atoms with Gasteiger partial charge in [-0.05, 0) is 31.4 Å². The monoisotopic (exact) mass is 360 g/mol. The Balaban J connectivity index is 2.06. The molecule has 0 unspecified atom stereocenters. The molecule has 1 aromatic carbocycles. The number of carbonyl (C=O) groups excluding carboxylic acids is 3. The average Bonchev–Trinajstić information content (AvgIpc) is 3.05. The quantitative estimate of drug-likeness (QED) is 0.687. The molecule has 0 radical (unpaired) electrons. The van der Waals surface area contributed by atoms with Gasteiger partial charge in [-0.15, -0.1) is 0 Å². The van der Waals surface area contributed by atoms with Crippen LogP contribution in [0.4, 0.5) is 0 Å². The van der Waals surface area contributed by atoms with Crippen molar-refractivity contribution in [2.24, 2.45) is 11.7 Å². The number of hydrogen-bond donors (Lipinski definition) is 3. The highest BCUT2D eigenvalue weighted by molar-refractivity contribution is 5.95. The molecular weight excluding hydrogens is 332 g/mol. The number of nitrogens with two attached hydrogens (primary N) is 1. The van der Waals surface area contributed by atoms with Crippen LogP contribution in [0.3, 0.4) is 0 Å². The van der Waals surface area contributed by atoms with Crippen LogP contribution in [0.5, 0.6) is 0 Å². The van der Waals surface area contributed by atoms with Gasteiger partial charge in [0.2, 0.25) is 11.8 Å². The molecule has 0 aromatic heterocycles. The summed E-state index contributed by atoms with van der Waals surface area (Å²) < 4.78 is 0. The second kappa shape index (κ2) is 8.80. The first-order valence-corrected chi connectivity index (χ1v) is 8.99. The van der Waals surface area contributed by atoms with E-state index in [0.717, 1.165) is 0 Å². The van der Waals surface area contributed by atoms with Crippen molar-refractivity contribution in [1.29, 1.82) is 0 Å². The first kappa shape index (κ1) is 19.9. The van der Waals surface area contributed by atoms with E-state index in [1.54, 1.807) is 24.3 Å². The fourth-order valence-electron chi connectivity index (χ4n) is 2.93. The molecule has 1 heterocycles. The van der Waals surface area contributed by atoms with Gasteiger partial charge in [0.05, 0.1) is 6.54 Å². The predicted octanol–water partition coefficient (Wildman–Crippen LogP) is 0.505. The summed E-state index contributed by atoms with van der Waals surface area (Å²) in [4.78, 5) is 38.6. The molecule has 26 heavy (non-hydrogen) atoms. The molecule has 1 fully saturated rings. The molecule has 3 atom stereocenters. The summed E-state index contributed by atoms with van der Waals surface area (Å²) in [6.07, 6.45) is 0.376. The summed E-state index contributed by atoms with van der Waals surface area (Å²) in [6, 6.07) is 7.95. The summed E-state index contributed by atoms with van der Waals surface area (Å²) in [6.45, 7) is 6.09. The van der Waals surface area contributed by atoms with Crippen molar-refractivity contribution in [3.8, 4) is 0 Å². The normalized spacial score (nSPS) is 20.7. The van der Waals surface area contributed by atoms with Crippen LogP contribution >= 0.6 is 0 Å². The van der Waals surface area contributed by atoms with Crippen LogP contribution in [0.15, 0.2) is 30.3 Å². The maximum absolute atomic E-state index is 12.6. The van der Waals surface area contributed by atoms with Gasteiger partial charge < -0.3 is 21.3 Å². The minimum atomic E-state index is -0.617. The molecule has 3 amide bonds. The molecule has 0 spiro atoms. The van der Waals surface area contributed by atoms with Crippen molar-refractivity contribution in [2.75, 3.05) is 13.1 Å². The van der Waals surface area contributed by atoms with E-state index < -0.39 is 6.04 Å². The molecule has 1 aliphatic rings. The van der Waals surface area contributed by atoms with Gasteiger partial charge >= 0.3 is 0 Å². The van der Waals surface area contributed by atoms with Crippen molar-refractivity contribution in [3.05, 3.63) is 35.9 Å². The fraction of sp³-hybridized carbons (Fsp3) is 0.526. The van der Waals surface area contributed by atoms with Gasteiger partial charge in [-0.1, -0.05) is 32.0 Å². The Hall–Kier alpha value is -2.41. The molecule has 2 rings (SSSR count). The highest BCUT2D eigenvalue weighted by Gasteiger charge is 2.40. The number of hydrogen-bond acceptors (Lipinski definition) is 4. The van der Waals surface area contributed by atoms with E-state index in [-0.39, 0.29) is 48.8 Å². The van der Waals surface area contributed by atoms with E-state index in [2.05, 4.69) is 10.6 Å². The lowest BCUT2D eigenvalue weighted by atomic mass is 10.1. The van der Waals surface area contributed by atoms with E-state index in [0.29, 0.717) is 12.0 Å². The smallest absolute Gasteiger partial charge is 0.251 e. The van der Waals surface area contributed by atoms with Crippen LogP contribution in [0.1, 0.15) is 37.6 Å². The molecular formula is C19H28N4O3. The number of benzene rings is 1. The van der Waals surface area contributed by atoms with Gasteiger partial charge in [-0.2, -0.15) is 0 Å². The molecule has 0 bridgehead atoms. The van der Waals surface area contributed by atoms with E-state index in [1.807, 2.05) is 26.8 Å². The van der Waals surface area contributed by atoms with Crippen molar-refractivity contribution < 1.29 is 14.4 Å². The van der Waals surface area contributed by atoms with E-state index >= 15 is 0 Å². The topological polar surface area (TPSA) is 105 Å². The number of nitrogens with one attached hydrogen (secondary N) is 2. The van der Waals surface area contributed by atoms with Crippen LogP contribution in [0, 0.1) is 5.92 Å². The Morgan fingerprint density at radius 2 is 1.85 bits per heavy atom. The number of amides is 3. The fourth-order valence-corrected chi connectivity index (χ4v) is 2.93.